The summed E-state index contributed by atoms with van der Waals surface area (Å²) in [6.45, 7) is 1.79. The van der Waals surface area contributed by atoms with Gasteiger partial charge >= 0.3 is 12.4 Å². The number of hydrogen-bond acceptors (Lipinski definition) is 2. The number of aryl methyl sites for hydroxylation is 1. The van der Waals surface area contributed by atoms with Crippen LogP contribution in [0.4, 0.5) is 26.3 Å². The Kier molecular flexibility index (Phi) is 5.96. The van der Waals surface area contributed by atoms with Crippen molar-refractivity contribution in [3.8, 4) is 22.4 Å². The summed E-state index contributed by atoms with van der Waals surface area (Å²) >= 11 is 0. The average Bonchev–Trinajstić information content (AvgIpc) is 3.25. The second-order valence-electron chi connectivity index (χ2n) is 12.5. The van der Waals surface area contributed by atoms with Gasteiger partial charge in [0.05, 0.1) is 22.2 Å². The van der Waals surface area contributed by atoms with E-state index in [1.54, 1.807) is 23.6 Å². The molecular formula is C33H28F6N2O. The molecule has 0 N–H and O–H groups in total. The Hall–Kier alpha value is -3.62. The number of nitrogens with zero attached hydrogens (tertiary/aromatic N) is 2. The topological polar surface area (TPSA) is 34.9 Å². The first kappa shape index (κ1) is 27.2. The van der Waals surface area contributed by atoms with E-state index in [0.717, 1.165) is 62.8 Å². The maximum Gasteiger partial charge on any atom is 0.416 e. The second kappa shape index (κ2) is 9.19. The van der Waals surface area contributed by atoms with Crippen LogP contribution in [-0.2, 0) is 12.4 Å². The van der Waals surface area contributed by atoms with Crippen LogP contribution in [0.3, 0.4) is 0 Å². The number of pyridine rings is 1. The molecule has 2 aromatic carbocycles. The number of halogens is 6. The van der Waals surface area contributed by atoms with Crippen LogP contribution in [0.25, 0.3) is 33.4 Å². The zero-order chi connectivity index (χ0) is 29.6. The number of alkyl halides is 6. The summed E-state index contributed by atoms with van der Waals surface area (Å²) < 4.78 is 82.3. The zero-order valence-corrected chi connectivity index (χ0v) is 22.8. The van der Waals surface area contributed by atoms with Crippen molar-refractivity contribution in [2.75, 3.05) is 0 Å². The molecule has 218 valence electrons. The molecule has 0 amide bonds. The minimum Gasteiger partial charge on any atom is -0.273 e. The number of carbonyl (C=O) groups is 1. The summed E-state index contributed by atoms with van der Waals surface area (Å²) in [5.74, 6) is 1.31. The van der Waals surface area contributed by atoms with Crippen LogP contribution in [0, 0.1) is 30.1 Å². The predicted molar refractivity (Wildman–Crippen MR) is 147 cm³/mol. The average molecular weight is 583 g/mol. The Labute approximate surface area is 238 Å². The molecule has 2 aromatic heterocycles. The van der Waals surface area contributed by atoms with Gasteiger partial charge in [-0.05, 0) is 111 Å². The Morgan fingerprint density at radius 2 is 1.21 bits per heavy atom. The lowest BCUT2D eigenvalue weighted by atomic mass is 9.49. The fourth-order valence-electron chi connectivity index (χ4n) is 8.27. The van der Waals surface area contributed by atoms with E-state index in [1.807, 2.05) is 0 Å². The molecule has 0 aliphatic heterocycles. The number of fused-ring (bicyclic) bond motifs is 1. The summed E-state index contributed by atoms with van der Waals surface area (Å²) in [5, 5.41) is 0.563. The van der Waals surface area contributed by atoms with E-state index < -0.39 is 28.9 Å². The van der Waals surface area contributed by atoms with Gasteiger partial charge in [-0.15, -0.1) is 0 Å². The first-order valence-corrected chi connectivity index (χ1v) is 14.2. The molecule has 0 unspecified atom stereocenters. The van der Waals surface area contributed by atoms with Gasteiger partial charge in [0.1, 0.15) is 5.65 Å². The maximum atomic E-state index is 14.9. The zero-order valence-electron chi connectivity index (χ0n) is 22.8. The molecule has 4 aliphatic rings. The first-order chi connectivity index (χ1) is 19.8. The Bertz CT molecular complexity index is 1660. The molecule has 42 heavy (non-hydrogen) atoms. The number of hydrogen-bond donors (Lipinski definition) is 0. The van der Waals surface area contributed by atoms with Gasteiger partial charge in [0.15, 0.2) is 0 Å². The van der Waals surface area contributed by atoms with Crippen molar-refractivity contribution in [2.45, 2.75) is 57.8 Å². The first-order valence-electron chi connectivity index (χ1n) is 14.2. The van der Waals surface area contributed by atoms with Crippen LogP contribution >= 0.6 is 0 Å². The third-order valence-electron chi connectivity index (χ3n) is 9.64. The molecular weight excluding hydrogens is 554 g/mol. The monoisotopic (exact) mass is 582 g/mol. The van der Waals surface area contributed by atoms with E-state index in [2.05, 4.69) is 0 Å². The minimum atomic E-state index is -4.55. The Balaban J connectivity index is 1.49. The number of benzene rings is 2. The van der Waals surface area contributed by atoms with Gasteiger partial charge in [-0.2, -0.15) is 26.3 Å². The van der Waals surface area contributed by atoms with Crippen LogP contribution in [0.15, 0.2) is 60.7 Å². The normalized spacial score (nSPS) is 25.4. The van der Waals surface area contributed by atoms with Gasteiger partial charge in [0, 0.05) is 16.6 Å². The lowest BCUT2D eigenvalue weighted by Gasteiger charge is -2.55. The molecule has 4 aromatic rings. The van der Waals surface area contributed by atoms with Crippen molar-refractivity contribution in [2.24, 2.45) is 23.2 Å². The summed E-state index contributed by atoms with van der Waals surface area (Å²) in [6, 6.07) is 12.9. The van der Waals surface area contributed by atoms with E-state index in [1.165, 1.54) is 24.3 Å². The second-order valence-corrected chi connectivity index (χ2v) is 12.5. The van der Waals surface area contributed by atoms with E-state index >= 15 is 0 Å². The summed E-state index contributed by atoms with van der Waals surface area (Å²) in [5.41, 5.74) is 0.414. The highest BCUT2D eigenvalue weighted by atomic mass is 19.4. The van der Waals surface area contributed by atoms with Crippen molar-refractivity contribution in [3.63, 3.8) is 0 Å². The highest BCUT2D eigenvalue weighted by molar-refractivity contribution is 6.09. The molecule has 0 radical (unpaired) electrons. The molecule has 0 saturated heterocycles. The third kappa shape index (κ3) is 4.34. The van der Waals surface area contributed by atoms with Crippen molar-refractivity contribution >= 4 is 16.9 Å². The van der Waals surface area contributed by atoms with Crippen LogP contribution in [0.2, 0.25) is 0 Å². The van der Waals surface area contributed by atoms with Gasteiger partial charge in [-0.3, -0.25) is 9.36 Å². The molecule has 4 aliphatic carbocycles. The Morgan fingerprint density at radius 1 is 0.738 bits per heavy atom. The SMILES string of the molecule is Cc1ccc2c(-c3ccc(C(F)(F)F)cc3)c(-c3ccc(C(F)(F)F)cc3)n(C(=O)C34CC5CC(CC(C5)C3)C4)c2n1. The highest BCUT2D eigenvalue weighted by Gasteiger charge is 2.55. The highest BCUT2D eigenvalue weighted by Crippen LogP contribution is 2.61. The summed E-state index contributed by atoms with van der Waals surface area (Å²) in [6.07, 6.45) is -3.40. The molecule has 0 spiro atoms. The smallest absolute Gasteiger partial charge is 0.273 e. The molecule has 9 heteroatoms. The van der Waals surface area contributed by atoms with Crippen molar-refractivity contribution in [1.29, 1.82) is 0 Å². The van der Waals surface area contributed by atoms with E-state index in [0.29, 0.717) is 56.9 Å². The summed E-state index contributed by atoms with van der Waals surface area (Å²) in [7, 11) is 0. The van der Waals surface area contributed by atoms with Gasteiger partial charge in [-0.25, -0.2) is 4.98 Å². The van der Waals surface area contributed by atoms with Crippen LogP contribution in [0.1, 0.15) is 60.1 Å². The minimum absolute atomic E-state index is 0.113. The van der Waals surface area contributed by atoms with Crippen molar-refractivity contribution < 1.29 is 31.1 Å². The standard InChI is InChI=1S/C33H28F6N2O/c1-18-2-11-26-27(22-3-7-24(8-4-22)32(34,35)36)28(23-5-9-25(10-6-23)33(37,38)39)41(29(26)40-18)30(42)31-15-19-12-20(16-31)14-21(13-19)17-31/h2-11,19-21H,12-17H2,1H3. The van der Waals surface area contributed by atoms with E-state index in [4.69, 9.17) is 4.98 Å². The molecule has 3 nitrogen and oxygen atoms in total. The molecule has 8 rings (SSSR count). The van der Waals surface area contributed by atoms with Gasteiger partial charge in [0.25, 0.3) is 0 Å². The van der Waals surface area contributed by atoms with Gasteiger partial charge in [0.2, 0.25) is 5.91 Å². The number of aromatic nitrogens is 2. The molecule has 4 fully saturated rings. The van der Waals surface area contributed by atoms with E-state index in [-0.39, 0.29) is 5.91 Å². The van der Waals surface area contributed by atoms with Crippen molar-refractivity contribution in [1.82, 2.24) is 9.55 Å². The lowest BCUT2D eigenvalue weighted by molar-refractivity contribution is -0.138. The van der Waals surface area contributed by atoms with Crippen LogP contribution in [-0.4, -0.2) is 15.5 Å². The van der Waals surface area contributed by atoms with E-state index in [9.17, 15) is 31.1 Å². The van der Waals surface area contributed by atoms with Crippen molar-refractivity contribution in [3.05, 3.63) is 77.5 Å². The predicted octanol–water partition coefficient (Wildman–Crippen LogP) is 9.57. The maximum absolute atomic E-state index is 14.9. The van der Waals surface area contributed by atoms with Crippen LogP contribution in [0.5, 0.6) is 0 Å². The van der Waals surface area contributed by atoms with Crippen LogP contribution < -0.4 is 0 Å². The number of carbonyl (C=O) groups excluding carboxylic acids is 1. The fraction of sp³-hybridized carbons (Fsp3) is 0.394. The summed E-state index contributed by atoms with van der Waals surface area (Å²) in [4.78, 5) is 19.6. The van der Waals surface area contributed by atoms with Gasteiger partial charge < -0.3 is 0 Å². The molecule has 2 heterocycles. The lowest BCUT2D eigenvalue weighted by Crippen LogP contribution is -2.51. The number of rotatable bonds is 3. The Morgan fingerprint density at radius 3 is 1.69 bits per heavy atom. The molecule has 4 bridgehead atoms. The largest absolute Gasteiger partial charge is 0.416 e. The fourth-order valence-corrected chi connectivity index (χ4v) is 8.27. The van der Waals surface area contributed by atoms with Gasteiger partial charge in [-0.1, -0.05) is 24.3 Å². The third-order valence-corrected chi connectivity index (χ3v) is 9.64. The quantitative estimate of drug-likeness (QED) is 0.226. The molecule has 4 saturated carbocycles. The molecule has 0 atom stereocenters.